The quantitative estimate of drug-likeness (QED) is 0.247. The number of hydrogen-bond donors (Lipinski definition) is 2. The van der Waals surface area contributed by atoms with Gasteiger partial charge in [-0.05, 0) is 115 Å². The molecule has 0 aromatic carbocycles. The maximum atomic E-state index is 12.4. The highest BCUT2D eigenvalue weighted by molar-refractivity contribution is 5.82. The van der Waals surface area contributed by atoms with E-state index in [0.717, 1.165) is 57.8 Å². The highest BCUT2D eigenvalue weighted by Crippen LogP contribution is 2.74. The first-order valence-corrected chi connectivity index (χ1v) is 15.2. The fourth-order valence-corrected chi connectivity index (χ4v) is 10.6. The van der Waals surface area contributed by atoms with E-state index >= 15 is 0 Å². The number of carbonyl (C=O) groups is 1. The average Bonchev–Trinajstić information content (AvgIpc) is 2.82. The van der Waals surface area contributed by atoms with Gasteiger partial charge in [-0.25, -0.2) is 4.79 Å². The van der Waals surface area contributed by atoms with E-state index in [4.69, 9.17) is 4.74 Å². The van der Waals surface area contributed by atoms with Gasteiger partial charge in [0.05, 0.1) is 18.8 Å². The minimum atomic E-state index is -0.472. The average molecular weight is 513 g/mol. The van der Waals surface area contributed by atoms with Crippen molar-refractivity contribution in [3.8, 4) is 0 Å². The van der Waals surface area contributed by atoms with Crippen LogP contribution in [0.3, 0.4) is 0 Å². The normalized spacial score (nSPS) is 50.8. The van der Waals surface area contributed by atoms with E-state index in [9.17, 15) is 15.0 Å². The van der Waals surface area contributed by atoms with Crippen molar-refractivity contribution in [2.24, 2.45) is 50.7 Å². The fraction of sp³-hybridized carbons (Fsp3) is 0.848. The van der Waals surface area contributed by atoms with Gasteiger partial charge in [0.1, 0.15) is 0 Å². The van der Waals surface area contributed by atoms with Crippen molar-refractivity contribution in [1.82, 2.24) is 0 Å². The zero-order valence-electron chi connectivity index (χ0n) is 24.5. The first-order valence-electron chi connectivity index (χ1n) is 15.2. The molecule has 4 fully saturated rings. The largest absolute Gasteiger partial charge is 0.463 e. The lowest BCUT2D eigenvalue weighted by atomic mass is 9.34. The SMILES string of the molecule is CCOC(=O)/C=C/[C@]12CCC(C)(C)C[C@H]1[C@H]1[C@H](O)C=C3[C@@]4(C)CC[C@H](O)[C@@H](C)[C@@H]4CC[C@@]3(C)[C@]1(C)CC2. The van der Waals surface area contributed by atoms with Gasteiger partial charge in [0.2, 0.25) is 0 Å². The van der Waals surface area contributed by atoms with Gasteiger partial charge in [-0.2, -0.15) is 0 Å². The molecule has 0 saturated heterocycles. The van der Waals surface area contributed by atoms with Gasteiger partial charge < -0.3 is 14.9 Å². The molecule has 0 spiro atoms. The molecule has 5 aliphatic carbocycles. The van der Waals surface area contributed by atoms with Crippen molar-refractivity contribution in [2.75, 3.05) is 6.61 Å². The topological polar surface area (TPSA) is 66.8 Å². The van der Waals surface area contributed by atoms with Crippen molar-refractivity contribution in [1.29, 1.82) is 0 Å². The molecule has 0 radical (unpaired) electrons. The van der Waals surface area contributed by atoms with Crippen LogP contribution in [0.5, 0.6) is 0 Å². The molecule has 0 unspecified atom stereocenters. The lowest BCUT2D eigenvalue weighted by Gasteiger charge is -2.70. The first kappa shape index (κ1) is 27.4. The molecule has 2 N–H and O–H groups in total. The summed E-state index contributed by atoms with van der Waals surface area (Å²) in [5.74, 6) is 1.05. The van der Waals surface area contributed by atoms with E-state index in [1.54, 1.807) is 6.08 Å². The van der Waals surface area contributed by atoms with Gasteiger partial charge in [0.25, 0.3) is 0 Å². The van der Waals surface area contributed by atoms with Gasteiger partial charge in [-0.3, -0.25) is 0 Å². The van der Waals surface area contributed by atoms with E-state index in [1.165, 1.54) is 5.57 Å². The number of fused-ring (bicyclic) bond motifs is 7. The van der Waals surface area contributed by atoms with E-state index < -0.39 is 6.10 Å². The molecule has 5 rings (SSSR count). The van der Waals surface area contributed by atoms with E-state index in [-0.39, 0.29) is 45.1 Å². The Morgan fingerprint density at radius 1 is 1.00 bits per heavy atom. The number of carbonyl (C=O) groups excluding carboxylic acids is 1. The highest BCUT2D eigenvalue weighted by Gasteiger charge is 2.68. The van der Waals surface area contributed by atoms with Crippen LogP contribution in [0.25, 0.3) is 0 Å². The second-order valence-electron chi connectivity index (χ2n) is 15.2. The third-order valence-corrected chi connectivity index (χ3v) is 13.0. The minimum Gasteiger partial charge on any atom is -0.463 e. The van der Waals surface area contributed by atoms with Crippen LogP contribution in [0.4, 0.5) is 0 Å². The monoisotopic (exact) mass is 512 g/mol. The molecular weight excluding hydrogens is 460 g/mol. The first-order chi connectivity index (χ1) is 17.2. The van der Waals surface area contributed by atoms with Crippen molar-refractivity contribution in [3.05, 3.63) is 23.8 Å². The zero-order chi connectivity index (χ0) is 27.0. The third-order valence-electron chi connectivity index (χ3n) is 13.0. The Hall–Kier alpha value is -1.13. The highest BCUT2D eigenvalue weighted by atomic mass is 16.5. The molecule has 0 heterocycles. The second-order valence-corrected chi connectivity index (χ2v) is 15.2. The molecule has 4 nitrogen and oxygen atoms in total. The molecular formula is C33H52O4. The number of esters is 1. The number of allylic oxidation sites excluding steroid dienone is 2. The third kappa shape index (κ3) is 3.93. The Kier molecular flexibility index (Phi) is 6.63. The number of hydrogen-bond acceptors (Lipinski definition) is 4. The van der Waals surface area contributed by atoms with E-state index in [2.05, 4.69) is 53.7 Å². The van der Waals surface area contributed by atoms with Crippen molar-refractivity contribution < 1.29 is 19.7 Å². The molecule has 0 aromatic rings. The van der Waals surface area contributed by atoms with Gasteiger partial charge in [0, 0.05) is 6.08 Å². The van der Waals surface area contributed by atoms with Gasteiger partial charge in [-0.1, -0.05) is 59.3 Å². The molecule has 0 amide bonds. The summed E-state index contributed by atoms with van der Waals surface area (Å²) in [7, 11) is 0. The van der Waals surface area contributed by atoms with Crippen LogP contribution in [0, 0.1) is 50.7 Å². The Morgan fingerprint density at radius 2 is 1.70 bits per heavy atom. The van der Waals surface area contributed by atoms with Crippen LogP contribution in [-0.2, 0) is 9.53 Å². The van der Waals surface area contributed by atoms with E-state index in [1.807, 2.05) is 6.92 Å². The number of ether oxygens (including phenoxy) is 1. The zero-order valence-corrected chi connectivity index (χ0v) is 24.5. The standard InChI is InChI=1S/C33H52O4/c1-8-37-27(36)11-14-33-17-15-29(3,4)20-23(33)28-25(35)19-26-30(5)12-10-24(34)21(2)22(30)9-13-31(26,6)32(28,7)16-18-33/h11,14,19,21-25,28,34-35H,8-10,12-13,15-18,20H2,1-7H3/b14-11+/t21-,22-,23-,24-,25+,28-,30-,31+,32+,33+/m0/s1. The summed E-state index contributed by atoms with van der Waals surface area (Å²) in [5, 5.41) is 22.8. The molecule has 208 valence electrons. The lowest BCUT2D eigenvalue weighted by Crippen LogP contribution is -2.65. The van der Waals surface area contributed by atoms with Crippen LogP contribution in [-0.4, -0.2) is 35.0 Å². The van der Waals surface area contributed by atoms with Crippen LogP contribution < -0.4 is 0 Å². The fourth-order valence-electron chi connectivity index (χ4n) is 10.6. The molecule has 4 heteroatoms. The maximum absolute atomic E-state index is 12.4. The molecule has 10 atom stereocenters. The predicted molar refractivity (Wildman–Crippen MR) is 148 cm³/mol. The smallest absolute Gasteiger partial charge is 0.330 e. The summed E-state index contributed by atoms with van der Waals surface area (Å²) in [6.45, 7) is 16.7. The Labute approximate surface area is 225 Å². The second kappa shape index (κ2) is 8.95. The Morgan fingerprint density at radius 3 is 2.41 bits per heavy atom. The summed E-state index contributed by atoms with van der Waals surface area (Å²) in [4.78, 5) is 12.4. The van der Waals surface area contributed by atoms with Crippen LogP contribution in [0.15, 0.2) is 23.8 Å². The van der Waals surface area contributed by atoms with E-state index in [0.29, 0.717) is 24.4 Å². The summed E-state index contributed by atoms with van der Waals surface area (Å²) in [6, 6.07) is 0. The molecule has 5 aliphatic rings. The molecule has 0 aromatic heterocycles. The minimum absolute atomic E-state index is 0.00311. The van der Waals surface area contributed by atoms with Crippen molar-refractivity contribution in [3.63, 3.8) is 0 Å². The summed E-state index contributed by atoms with van der Waals surface area (Å²) in [5.41, 5.74) is 1.76. The van der Waals surface area contributed by atoms with Gasteiger partial charge >= 0.3 is 5.97 Å². The number of aliphatic hydroxyl groups is 2. The summed E-state index contributed by atoms with van der Waals surface area (Å²) < 4.78 is 5.26. The summed E-state index contributed by atoms with van der Waals surface area (Å²) >= 11 is 0. The van der Waals surface area contributed by atoms with Crippen molar-refractivity contribution in [2.45, 2.75) is 118 Å². The predicted octanol–water partition coefficient (Wildman–Crippen LogP) is 6.85. The number of aliphatic hydroxyl groups excluding tert-OH is 2. The van der Waals surface area contributed by atoms with Gasteiger partial charge in [0.15, 0.2) is 0 Å². The Bertz CT molecular complexity index is 981. The van der Waals surface area contributed by atoms with Crippen LogP contribution in [0.2, 0.25) is 0 Å². The van der Waals surface area contributed by atoms with Gasteiger partial charge in [-0.15, -0.1) is 0 Å². The maximum Gasteiger partial charge on any atom is 0.330 e. The molecule has 37 heavy (non-hydrogen) atoms. The molecule has 0 bridgehead atoms. The molecule has 4 saturated carbocycles. The lowest BCUT2D eigenvalue weighted by molar-refractivity contribution is -0.180. The van der Waals surface area contributed by atoms with Crippen LogP contribution >= 0.6 is 0 Å². The Balaban J connectivity index is 1.58. The summed E-state index contributed by atoms with van der Waals surface area (Å²) in [6.07, 6.45) is 15.1. The number of rotatable bonds is 3. The van der Waals surface area contributed by atoms with Crippen molar-refractivity contribution >= 4 is 5.97 Å². The molecule has 0 aliphatic heterocycles. The van der Waals surface area contributed by atoms with Crippen LogP contribution in [0.1, 0.15) is 106 Å².